The van der Waals surface area contributed by atoms with E-state index in [9.17, 15) is 4.79 Å². The van der Waals surface area contributed by atoms with Gasteiger partial charge in [0, 0.05) is 34.4 Å². The molecule has 5 heteroatoms. The fraction of sp³-hybridized carbons (Fsp3) is 0.250. The van der Waals surface area contributed by atoms with Crippen molar-refractivity contribution in [3.8, 4) is 11.5 Å². The zero-order valence-corrected chi connectivity index (χ0v) is 14.8. The molecule has 2 N–H and O–H groups in total. The fourth-order valence-electron chi connectivity index (χ4n) is 2.94. The van der Waals surface area contributed by atoms with Crippen molar-refractivity contribution >= 4 is 22.4 Å². The van der Waals surface area contributed by atoms with Crippen LogP contribution >= 0.6 is 0 Å². The summed E-state index contributed by atoms with van der Waals surface area (Å²) in [7, 11) is 3.20. The number of hydrogen-bond donors (Lipinski definition) is 2. The minimum atomic E-state index is -0.379. The number of aryl methyl sites for hydroxylation is 1. The Morgan fingerprint density at radius 3 is 2.52 bits per heavy atom. The molecule has 0 saturated carbocycles. The Balaban J connectivity index is 1.87. The highest BCUT2D eigenvalue weighted by Crippen LogP contribution is 2.33. The molecular weight excluding hydrogens is 316 g/mol. The maximum Gasteiger partial charge on any atom is 0.186 e. The van der Waals surface area contributed by atoms with Gasteiger partial charge in [-0.3, -0.25) is 4.79 Å². The van der Waals surface area contributed by atoms with E-state index in [-0.39, 0.29) is 11.8 Å². The lowest BCUT2D eigenvalue weighted by Gasteiger charge is -2.18. The first-order valence-electron chi connectivity index (χ1n) is 8.14. The molecule has 3 rings (SSSR count). The highest BCUT2D eigenvalue weighted by Gasteiger charge is 2.20. The maximum absolute atomic E-state index is 12.9. The molecule has 0 aliphatic heterocycles. The number of Topliss-reactive ketones (excluding diaryl/α,β-unsaturated/α-hetero) is 1. The number of ether oxygens (including phenoxy) is 2. The van der Waals surface area contributed by atoms with Crippen LogP contribution in [0.2, 0.25) is 0 Å². The third-order valence-electron chi connectivity index (χ3n) is 4.35. The summed E-state index contributed by atoms with van der Waals surface area (Å²) in [5.74, 6) is 1.33. The third-order valence-corrected chi connectivity index (χ3v) is 4.35. The van der Waals surface area contributed by atoms with Crippen LogP contribution in [0.1, 0.15) is 22.8 Å². The summed E-state index contributed by atoms with van der Waals surface area (Å²) in [5, 5.41) is 4.23. The van der Waals surface area contributed by atoms with Crippen LogP contribution in [-0.4, -0.2) is 31.0 Å². The Labute approximate surface area is 147 Å². The second-order valence-corrected chi connectivity index (χ2v) is 6.00. The van der Waals surface area contributed by atoms with Crippen LogP contribution in [0.15, 0.2) is 42.6 Å². The average Bonchev–Trinajstić information content (AvgIpc) is 3.06. The first-order valence-corrected chi connectivity index (χ1v) is 8.14. The fourth-order valence-corrected chi connectivity index (χ4v) is 2.94. The number of H-pyrrole nitrogens is 1. The SMILES string of the molecule is COc1cc(C)c(N[C@H](C)C(=O)c2c[nH]c3ccccc23)cc1OC. The number of ketones is 1. The molecule has 3 aromatic rings. The van der Waals surface area contributed by atoms with Crippen molar-refractivity contribution in [2.45, 2.75) is 19.9 Å². The number of fused-ring (bicyclic) bond motifs is 1. The zero-order valence-electron chi connectivity index (χ0n) is 14.8. The number of aromatic nitrogens is 1. The topological polar surface area (TPSA) is 63.3 Å². The van der Waals surface area contributed by atoms with Gasteiger partial charge in [0.15, 0.2) is 17.3 Å². The molecule has 0 bridgehead atoms. The smallest absolute Gasteiger partial charge is 0.186 e. The highest BCUT2D eigenvalue weighted by atomic mass is 16.5. The van der Waals surface area contributed by atoms with E-state index in [1.54, 1.807) is 20.4 Å². The molecule has 0 amide bonds. The molecule has 25 heavy (non-hydrogen) atoms. The summed E-state index contributed by atoms with van der Waals surface area (Å²) in [6.07, 6.45) is 1.77. The number of para-hydroxylation sites is 1. The van der Waals surface area contributed by atoms with Crippen molar-refractivity contribution in [2.24, 2.45) is 0 Å². The van der Waals surface area contributed by atoms with Gasteiger partial charge >= 0.3 is 0 Å². The Bertz CT molecular complexity index is 914. The summed E-state index contributed by atoms with van der Waals surface area (Å²) in [6, 6.07) is 11.2. The quantitative estimate of drug-likeness (QED) is 0.662. The van der Waals surface area contributed by atoms with Crippen LogP contribution in [-0.2, 0) is 0 Å². The van der Waals surface area contributed by atoms with Crippen molar-refractivity contribution < 1.29 is 14.3 Å². The molecule has 130 valence electrons. The lowest BCUT2D eigenvalue weighted by Crippen LogP contribution is -2.26. The molecule has 0 fully saturated rings. The van der Waals surface area contributed by atoms with Gasteiger partial charge in [-0.15, -0.1) is 0 Å². The summed E-state index contributed by atoms with van der Waals surface area (Å²) < 4.78 is 10.7. The number of nitrogens with one attached hydrogen (secondary N) is 2. The predicted molar refractivity (Wildman–Crippen MR) is 100.0 cm³/mol. The molecular formula is C20H22N2O3. The number of carbonyl (C=O) groups is 1. The molecule has 1 heterocycles. The van der Waals surface area contributed by atoms with Gasteiger partial charge in [-0.25, -0.2) is 0 Å². The summed E-state index contributed by atoms with van der Waals surface area (Å²) >= 11 is 0. The molecule has 0 radical (unpaired) electrons. The second kappa shape index (κ2) is 6.89. The van der Waals surface area contributed by atoms with Gasteiger partial charge in [0.05, 0.1) is 20.3 Å². The first-order chi connectivity index (χ1) is 12.0. The van der Waals surface area contributed by atoms with Crippen LogP contribution in [0.5, 0.6) is 11.5 Å². The summed E-state index contributed by atoms with van der Waals surface area (Å²) in [4.78, 5) is 16.0. The van der Waals surface area contributed by atoms with Crippen LogP contribution in [0.25, 0.3) is 10.9 Å². The van der Waals surface area contributed by atoms with Crippen molar-refractivity contribution in [3.63, 3.8) is 0 Å². The minimum Gasteiger partial charge on any atom is -0.493 e. The molecule has 0 aliphatic carbocycles. The zero-order chi connectivity index (χ0) is 18.0. The number of hydrogen-bond acceptors (Lipinski definition) is 4. The van der Waals surface area contributed by atoms with Gasteiger partial charge in [0.2, 0.25) is 0 Å². The van der Waals surface area contributed by atoms with Crippen LogP contribution in [0.3, 0.4) is 0 Å². The largest absolute Gasteiger partial charge is 0.493 e. The minimum absolute atomic E-state index is 0.0339. The van der Waals surface area contributed by atoms with Crippen molar-refractivity contribution in [3.05, 3.63) is 53.7 Å². The second-order valence-electron chi connectivity index (χ2n) is 6.00. The van der Waals surface area contributed by atoms with Crippen LogP contribution in [0, 0.1) is 6.92 Å². The Kier molecular flexibility index (Phi) is 4.65. The summed E-state index contributed by atoms with van der Waals surface area (Å²) in [6.45, 7) is 3.83. The monoisotopic (exact) mass is 338 g/mol. The van der Waals surface area contributed by atoms with Gasteiger partial charge in [-0.05, 0) is 31.5 Å². The highest BCUT2D eigenvalue weighted by molar-refractivity contribution is 6.11. The van der Waals surface area contributed by atoms with Gasteiger partial charge in [-0.1, -0.05) is 18.2 Å². The van der Waals surface area contributed by atoms with E-state index >= 15 is 0 Å². The Morgan fingerprint density at radius 1 is 1.12 bits per heavy atom. The molecule has 0 unspecified atom stereocenters. The van der Waals surface area contributed by atoms with Gasteiger partial charge in [0.25, 0.3) is 0 Å². The number of carbonyl (C=O) groups excluding carboxylic acids is 1. The number of benzene rings is 2. The van der Waals surface area contributed by atoms with Gasteiger partial charge in [0.1, 0.15) is 0 Å². The molecule has 0 aliphatic rings. The lowest BCUT2D eigenvalue weighted by molar-refractivity contribution is 0.0977. The molecule has 1 aromatic heterocycles. The maximum atomic E-state index is 12.9. The van der Waals surface area contributed by atoms with Crippen LogP contribution < -0.4 is 14.8 Å². The predicted octanol–water partition coefficient (Wildman–Crippen LogP) is 4.18. The van der Waals surface area contributed by atoms with E-state index in [1.807, 2.05) is 50.2 Å². The molecule has 5 nitrogen and oxygen atoms in total. The molecule has 0 saturated heterocycles. The van der Waals surface area contributed by atoms with E-state index in [1.165, 1.54) is 0 Å². The van der Waals surface area contributed by atoms with E-state index < -0.39 is 0 Å². The van der Waals surface area contributed by atoms with E-state index in [4.69, 9.17) is 9.47 Å². The number of anilines is 1. The van der Waals surface area contributed by atoms with Crippen molar-refractivity contribution in [2.75, 3.05) is 19.5 Å². The van der Waals surface area contributed by atoms with Crippen molar-refractivity contribution in [1.29, 1.82) is 0 Å². The van der Waals surface area contributed by atoms with Gasteiger partial charge in [-0.2, -0.15) is 0 Å². The van der Waals surface area contributed by atoms with E-state index in [0.717, 1.165) is 22.2 Å². The molecule has 2 aromatic carbocycles. The number of rotatable bonds is 6. The van der Waals surface area contributed by atoms with Crippen LogP contribution in [0.4, 0.5) is 5.69 Å². The van der Waals surface area contributed by atoms with E-state index in [2.05, 4.69) is 10.3 Å². The molecule has 1 atom stereocenters. The van der Waals surface area contributed by atoms with E-state index in [0.29, 0.717) is 17.1 Å². The lowest BCUT2D eigenvalue weighted by atomic mass is 10.0. The normalized spacial score (nSPS) is 12.0. The Hall–Kier alpha value is -2.95. The summed E-state index contributed by atoms with van der Waals surface area (Å²) in [5.41, 5.74) is 3.48. The van der Waals surface area contributed by atoms with Crippen molar-refractivity contribution in [1.82, 2.24) is 4.98 Å². The average molecular weight is 338 g/mol. The van der Waals surface area contributed by atoms with Gasteiger partial charge < -0.3 is 19.8 Å². The standard InChI is InChI=1S/C20H22N2O3/c1-12-9-18(24-3)19(25-4)10-17(12)22-13(2)20(23)15-11-21-16-8-6-5-7-14(15)16/h5-11,13,21-22H,1-4H3/t13-/m1/s1. The Morgan fingerprint density at radius 2 is 1.80 bits per heavy atom. The number of methoxy groups -OCH3 is 2. The first kappa shape index (κ1) is 16.9. The molecule has 0 spiro atoms. The number of aromatic amines is 1. The third kappa shape index (κ3) is 3.18.